The summed E-state index contributed by atoms with van der Waals surface area (Å²) in [4.78, 5) is 12.8. The van der Waals surface area contributed by atoms with Gasteiger partial charge in [0.2, 0.25) is 11.9 Å². The number of nitrogens with zero attached hydrogens (tertiary/aromatic N) is 3. The van der Waals surface area contributed by atoms with E-state index in [0.29, 0.717) is 36.7 Å². The van der Waals surface area contributed by atoms with Gasteiger partial charge in [-0.1, -0.05) is 0 Å². The molecular formula is C13H23N5O2. The van der Waals surface area contributed by atoms with Crippen LogP contribution in [0.1, 0.15) is 33.1 Å². The highest BCUT2D eigenvalue weighted by Crippen LogP contribution is 2.24. The van der Waals surface area contributed by atoms with Gasteiger partial charge in [0.05, 0.1) is 12.7 Å². The number of hydrogen-bond donors (Lipinski definition) is 2. The normalized spacial score (nSPS) is 21.8. The molecular weight excluding hydrogens is 258 g/mol. The molecule has 2 atom stereocenters. The fourth-order valence-corrected chi connectivity index (χ4v) is 2.32. The van der Waals surface area contributed by atoms with Gasteiger partial charge in [0.15, 0.2) is 0 Å². The van der Waals surface area contributed by atoms with E-state index in [1.807, 2.05) is 13.8 Å². The van der Waals surface area contributed by atoms with E-state index in [1.54, 1.807) is 7.11 Å². The molecule has 7 nitrogen and oxygen atoms in total. The maximum Gasteiger partial charge on any atom is 0.323 e. The van der Waals surface area contributed by atoms with Crippen LogP contribution in [0.4, 0.5) is 11.9 Å². The zero-order chi connectivity index (χ0) is 14.4. The second-order valence-corrected chi connectivity index (χ2v) is 4.74. The molecule has 1 aromatic rings. The van der Waals surface area contributed by atoms with Crippen molar-refractivity contribution in [2.75, 3.05) is 30.9 Å². The van der Waals surface area contributed by atoms with Crippen molar-refractivity contribution in [2.45, 2.75) is 45.3 Å². The molecule has 2 N–H and O–H groups in total. The van der Waals surface area contributed by atoms with Gasteiger partial charge in [-0.05, 0) is 33.1 Å². The molecule has 20 heavy (non-hydrogen) atoms. The predicted octanol–water partition coefficient (Wildman–Crippen LogP) is 1.68. The van der Waals surface area contributed by atoms with Crippen LogP contribution >= 0.6 is 0 Å². The molecule has 0 spiro atoms. The van der Waals surface area contributed by atoms with E-state index in [0.717, 1.165) is 25.8 Å². The summed E-state index contributed by atoms with van der Waals surface area (Å²) >= 11 is 0. The molecule has 0 aromatic carbocycles. The fourth-order valence-electron chi connectivity index (χ4n) is 2.32. The van der Waals surface area contributed by atoms with Gasteiger partial charge in [0.25, 0.3) is 0 Å². The Morgan fingerprint density at radius 2 is 1.95 bits per heavy atom. The van der Waals surface area contributed by atoms with Crippen LogP contribution in [0, 0.1) is 0 Å². The van der Waals surface area contributed by atoms with Crippen molar-refractivity contribution in [3.63, 3.8) is 0 Å². The van der Waals surface area contributed by atoms with Gasteiger partial charge in [-0.2, -0.15) is 15.0 Å². The molecule has 1 saturated carbocycles. The molecule has 112 valence electrons. The van der Waals surface area contributed by atoms with E-state index in [4.69, 9.17) is 9.47 Å². The number of nitrogens with one attached hydrogen (secondary N) is 2. The van der Waals surface area contributed by atoms with Crippen LogP contribution in [0.2, 0.25) is 0 Å². The van der Waals surface area contributed by atoms with Crippen molar-refractivity contribution in [3.05, 3.63) is 0 Å². The summed E-state index contributed by atoms with van der Waals surface area (Å²) in [5.74, 6) is 1.09. The van der Waals surface area contributed by atoms with E-state index in [1.165, 1.54) is 0 Å². The van der Waals surface area contributed by atoms with E-state index in [-0.39, 0.29) is 0 Å². The summed E-state index contributed by atoms with van der Waals surface area (Å²) < 4.78 is 10.7. The lowest BCUT2D eigenvalue weighted by atomic mass is 10.2. The molecule has 1 aromatic heterocycles. The zero-order valence-electron chi connectivity index (χ0n) is 12.3. The van der Waals surface area contributed by atoms with Crippen molar-refractivity contribution >= 4 is 11.9 Å². The Balaban J connectivity index is 2.05. The lowest BCUT2D eigenvalue weighted by Crippen LogP contribution is -2.20. The van der Waals surface area contributed by atoms with Crippen molar-refractivity contribution in [3.8, 4) is 6.01 Å². The minimum Gasteiger partial charge on any atom is -0.464 e. The van der Waals surface area contributed by atoms with E-state index >= 15 is 0 Å². The van der Waals surface area contributed by atoms with Gasteiger partial charge in [-0.3, -0.25) is 0 Å². The van der Waals surface area contributed by atoms with Crippen molar-refractivity contribution < 1.29 is 9.47 Å². The minimum absolute atomic E-state index is 0.328. The number of rotatable bonds is 7. The lowest BCUT2D eigenvalue weighted by molar-refractivity contribution is 0.108. The summed E-state index contributed by atoms with van der Waals surface area (Å²) in [5, 5.41) is 6.43. The van der Waals surface area contributed by atoms with Crippen LogP contribution in [0.5, 0.6) is 6.01 Å². The van der Waals surface area contributed by atoms with E-state index in [2.05, 4.69) is 25.6 Å². The Bertz CT molecular complexity index is 405. The lowest BCUT2D eigenvalue weighted by Gasteiger charge is -2.14. The third-order valence-corrected chi connectivity index (χ3v) is 3.27. The van der Waals surface area contributed by atoms with Crippen LogP contribution in [0.25, 0.3) is 0 Å². The highest BCUT2D eigenvalue weighted by atomic mass is 16.5. The van der Waals surface area contributed by atoms with Crippen LogP contribution in [0.15, 0.2) is 0 Å². The monoisotopic (exact) mass is 281 g/mol. The summed E-state index contributed by atoms with van der Waals surface area (Å²) in [6.45, 7) is 5.19. The first-order valence-electron chi connectivity index (χ1n) is 7.17. The predicted molar refractivity (Wildman–Crippen MR) is 77.2 cm³/mol. The van der Waals surface area contributed by atoms with Gasteiger partial charge >= 0.3 is 6.01 Å². The van der Waals surface area contributed by atoms with Crippen LogP contribution in [-0.2, 0) is 4.74 Å². The van der Waals surface area contributed by atoms with Gasteiger partial charge in [0.1, 0.15) is 0 Å². The average Bonchev–Trinajstić information content (AvgIpc) is 2.87. The number of hydrogen-bond acceptors (Lipinski definition) is 7. The molecule has 0 aliphatic heterocycles. The second kappa shape index (κ2) is 7.23. The largest absolute Gasteiger partial charge is 0.464 e. The smallest absolute Gasteiger partial charge is 0.323 e. The Morgan fingerprint density at radius 1 is 1.15 bits per heavy atom. The Hall–Kier alpha value is -1.63. The minimum atomic E-state index is 0.328. The fraction of sp³-hybridized carbons (Fsp3) is 0.769. The molecule has 0 bridgehead atoms. The third-order valence-electron chi connectivity index (χ3n) is 3.27. The maximum atomic E-state index is 5.37. The van der Waals surface area contributed by atoms with E-state index in [9.17, 15) is 0 Å². The summed E-state index contributed by atoms with van der Waals surface area (Å²) in [6, 6.07) is 0.688. The molecule has 0 saturated heterocycles. The average molecular weight is 281 g/mol. The molecule has 1 aliphatic rings. The molecule has 1 heterocycles. The Morgan fingerprint density at radius 3 is 2.60 bits per heavy atom. The maximum absolute atomic E-state index is 5.37. The Kier molecular flexibility index (Phi) is 5.34. The highest BCUT2D eigenvalue weighted by Gasteiger charge is 2.25. The molecule has 2 rings (SSSR count). The number of methoxy groups -OCH3 is 1. The zero-order valence-corrected chi connectivity index (χ0v) is 12.3. The molecule has 2 unspecified atom stereocenters. The standard InChI is InChI=1S/C13H23N5O2/c1-4-14-11-16-12(18-13(17-11)20-5-2)15-9-6-7-10(8-9)19-3/h9-10H,4-8H2,1-3H3,(H2,14,15,16,17,18). The first-order chi connectivity index (χ1) is 9.75. The highest BCUT2D eigenvalue weighted by molar-refractivity contribution is 5.36. The Labute approximate surface area is 119 Å². The van der Waals surface area contributed by atoms with Gasteiger partial charge < -0.3 is 20.1 Å². The molecule has 1 fully saturated rings. The van der Waals surface area contributed by atoms with Crippen LogP contribution in [0.3, 0.4) is 0 Å². The van der Waals surface area contributed by atoms with Crippen LogP contribution < -0.4 is 15.4 Å². The molecule has 0 radical (unpaired) electrons. The first kappa shape index (κ1) is 14.8. The number of ether oxygens (including phenoxy) is 2. The summed E-state index contributed by atoms with van der Waals surface area (Å²) in [5.41, 5.74) is 0. The van der Waals surface area contributed by atoms with Gasteiger partial charge in [-0.25, -0.2) is 0 Å². The quantitative estimate of drug-likeness (QED) is 0.787. The number of aromatic nitrogens is 3. The molecule has 1 aliphatic carbocycles. The molecule has 0 amide bonds. The number of anilines is 2. The van der Waals surface area contributed by atoms with Crippen molar-refractivity contribution in [1.29, 1.82) is 0 Å². The van der Waals surface area contributed by atoms with Gasteiger partial charge in [-0.15, -0.1) is 0 Å². The SMILES string of the molecule is CCNc1nc(NC2CCC(OC)C2)nc(OCC)n1. The first-order valence-corrected chi connectivity index (χ1v) is 7.17. The second-order valence-electron chi connectivity index (χ2n) is 4.74. The summed E-state index contributed by atoms with van der Waals surface area (Å²) in [7, 11) is 1.76. The van der Waals surface area contributed by atoms with Crippen molar-refractivity contribution in [1.82, 2.24) is 15.0 Å². The summed E-state index contributed by atoms with van der Waals surface area (Å²) in [6.07, 6.45) is 3.43. The van der Waals surface area contributed by atoms with E-state index < -0.39 is 0 Å². The third kappa shape index (κ3) is 3.93. The van der Waals surface area contributed by atoms with Crippen LogP contribution in [-0.4, -0.2) is 47.4 Å². The van der Waals surface area contributed by atoms with Crippen molar-refractivity contribution in [2.24, 2.45) is 0 Å². The topological polar surface area (TPSA) is 81.2 Å². The molecule has 7 heteroatoms. The van der Waals surface area contributed by atoms with Gasteiger partial charge in [0, 0.05) is 19.7 Å².